The van der Waals surface area contributed by atoms with E-state index in [1.54, 1.807) is 6.08 Å². The van der Waals surface area contributed by atoms with Crippen LogP contribution in [0, 0.1) is 6.92 Å². The Balaban J connectivity index is 1.86. The molecule has 2 aliphatic rings. The van der Waals surface area contributed by atoms with E-state index in [2.05, 4.69) is 15.3 Å². The van der Waals surface area contributed by atoms with E-state index in [-0.39, 0.29) is 11.8 Å². The summed E-state index contributed by atoms with van der Waals surface area (Å²) in [4.78, 5) is 8.75. The maximum Gasteiger partial charge on any atom is 0.173 e. The second kappa shape index (κ2) is 4.45. The predicted molar refractivity (Wildman–Crippen MR) is 74.1 cm³/mol. The van der Waals surface area contributed by atoms with Gasteiger partial charge < -0.3 is 5.32 Å². The largest absolute Gasteiger partial charge is 0.362 e. The summed E-state index contributed by atoms with van der Waals surface area (Å²) in [5, 5.41) is 4.80. The van der Waals surface area contributed by atoms with Crippen molar-refractivity contribution in [3.8, 4) is 0 Å². The van der Waals surface area contributed by atoms with Gasteiger partial charge in [0, 0.05) is 16.9 Å². The summed E-state index contributed by atoms with van der Waals surface area (Å²) in [6.45, 7) is 1.83. The van der Waals surface area contributed by atoms with Gasteiger partial charge in [-0.25, -0.2) is 18.4 Å². The van der Waals surface area contributed by atoms with Crippen LogP contribution in [0.2, 0.25) is 5.15 Å². The highest BCUT2D eigenvalue weighted by Crippen LogP contribution is 2.39. The fourth-order valence-electron chi connectivity index (χ4n) is 2.01. The van der Waals surface area contributed by atoms with E-state index in [0.29, 0.717) is 16.9 Å². The van der Waals surface area contributed by atoms with Gasteiger partial charge >= 0.3 is 0 Å². The van der Waals surface area contributed by atoms with E-state index < -0.39 is 9.84 Å². The molecule has 102 valence electrons. The third-order valence-corrected chi connectivity index (χ3v) is 5.06. The van der Waals surface area contributed by atoms with Crippen molar-refractivity contribution in [1.29, 1.82) is 0 Å². The Labute approximate surface area is 117 Å². The number of nitrogens with one attached hydrogen (secondary N) is 1. The lowest BCUT2D eigenvalue weighted by molar-refractivity contribution is 0.605. The molecule has 1 fully saturated rings. The van der Waals surface area contributed by atoms with Crippen LogP contribution in [0.15, 0.2) is 11.5 Å². The average molecular weight is 300 g/mol. The fraction of sp³-hybridized carbons (Fsp3) is 0.500. The number of rotatable bonds is 3. The first-order valence-electron chi connectivity index (χ1n) is 6.16. The number of anilines is 1. The van der Waals surface area contributed by atoms with Gasteiger partial charge in [0.25, 0.3) is 0 Å². The molecule has 19 heavy (non-hydrogen) atoms. The summed E-state index contributed by atoms with van der Waals surface area (Å²) in [6, 6.07) is -0.248. The SMILES string of the molecule is Cc1c(Cl)nc(C2CC2)nc1NC1C=CS(=O)(=O)C1. The lowest BCUT2D eigenvalue weighted by Gasteiger charge is -2.14. The highest BCUT2D eigenvalue weighted by Gasteiger charge is 2.29. The van der Waals surface area contributed by atoms with E-state index in [9.17, 15) is 8.42 Å². The van der Waals surface area contributed by atoms with Crippen LogP contribution in [0.3, 0.4) is 0 Å². The van der Waals surface area contributed by atoms with E-state index in [0.717, 1.165) is 24.2 Å². The molecule has 1 aliphatic carbocycles. The molecular formula is C12H14ClN3O2S. The van der Waals surface area contributed by atoms with Crippen LogP contribution in [0.5, 0.6) is 0 Å². The average Bonchev–Trinajstić information content (AvgIpc) is 3.11. The Morgan fingerprint density at radius 2 is 2.11 bits per heavy atom. The second-order valence-electron chi connectivity index (χ2n) is 5.03. The minimum Gasteiger partial charge on any atom is -0.362 e. The maximum atomic E-state index is 11.4. The molecule has 0 amide bonds. The Hall–Kier alpha value is -1.14. The molecule has 1 N–H and O–H groups in total. The molecule has 1 atom stereocenters. The predicted octanol–water partition coefficient (Wildman–Crippen LogP) is 2.04. The lowest BCUT2D eigenvalue weighted by atomic mass is 10.2. The zero-order valence-corrected chi connectivity index (χ0v) is 12.0. The quantitative estimate of drug-likeness (QED) is 0.865. The molecule has 1 aromatic heterocycles. The third kappa shape index (κ3) is 2.74. The molecular weight excluding hydrogens is 286 g/mol. The van der Waals surface area contributed by atoms with Crippen LogP contribution in [0.4, 0.5) is 5.82 Å². The maximum absolute atomic E-state index is 11.4. The van der Waals surface area contributed by atoms with Crippen molar-refractivity contribution in [3.63, 3.8) is 0 Å². The highest BCUT2D eigenvalue weighted by atomic mass is 35.5. The molecule has 1 aromatic rings. The van der Waals surface area contributed by atoms with Gasteiger partial charge in [-0.2, -0.15) is 0 Å². The Morgan fingerprint density at radius 3 is 2.68 bits per heavy atom. The number of halogens is 1. The summed E-state index contributed by atoms with van der Waals surface area (Å²) >= 11 is 6.10. The third-order valence-electron chi connectivity index (χ3n) is 3.30. The first-order valence-corrected chi connectivity index (χ1v) is 8.25. The second-order valence-corrected chi connectivity index (χ2v) is 7.32. The standard InChI is InChI=1S/C12H14ClN3O2S/c1-7-10(13)15-12(8-2-3-8)16-11(7)14-9-4-5-19(17,18)6-9/h4-5,8-9H,2-3,6H2,1H3,(H,14,15,16). The number of sulfone groups is 1. The van der Waals surface area contributed by atoms with Gasteiger partial charge in [0.1, 0.15) is 16.8 Å². The first kappa shape index (κ1) is 12.9. The number of nitrogens with zero attached hydrogens (tertiary/aromatic N) is 2. The topological polar surface area (TPSA) is 72.0 Å². The molecule has 1 unspecified atom stereocenters. The zero-order valence-electron chi connectivity index (χ0n) is 10.4. The molecule has 1 saturated carbocycles. The van der Waals surface area contributed by atoms with Gasteiger partial charge in [0.05, 0.1) is 11.8 Å². The molecule has 2 heterocycles. The van der Waals surface area contributed by atoms with Crippen molar-refractivity contribution in [2.24, 2.45) is 0 Å². The van der Waals surface area contributed by atoms with Gasteiger partial charge in [-0.3, -0.25) is 0 Å². The normalized spacial score (nSPS) is 24.6. The molecule has 0 spiro atoms. The zero-order chi connectivity index (χ0) is 13.6. The van der Waals surface area contributed by atoms with Crippen molar-refractivity contribution < 1.29 is 8.42 Å². The summed E-state index contributed by atoms with van der Waals surface area (Å²) < 4.78 is 22.8. The Morgan fingerprint density at radius 1 is 1.37 bits per heavy atom. The first-order chi connectivity index (χ1) is 8.94. The molecule has 5 nitrogen and oxygen atoms in total. The Bertz CT molecular complexity index is 653. The summed E-state index contributed by atoms with van der Waals surface area (Å²) in [6.07, 6.45) is 3.83. The van der Waals surface area contributed by atoms with Gasteiger partial charge in [0.2, 0.25) is 0 Å². The highest BCUT2D eigenvalue weighted by molar-refractivity contribution is 7.94. The van der Waals surface area contributed by atoms with E-state index in [1.807, 2.05) is 6.92 Å². The smallest absolute Gasteiger partial charge is 0.173 e. The monoisotopic (exact) mass is 299 g/mol. The van der Waals surface area contributed by atoms with Gasteiger partial charge in [-0.05, 0) is 25.8 Å². The van der Waals surface area contributed by atoms with Crippen molar-refractivity contribution >= 4 is 27.3 Å². The lowest BCUT2D eigenvalue weighted by Crippen LogP contribution is -2.22. The van der Waals surface area contributed by atoms with E-state index in [1.165, 1.54) is 5.41 Å². The van der Waals surface area contributed by atoms with Crippen LogP contribution >= 0.6 is 11.6 Å². The molecule has 0 radical (unpaired) electrons. The molecule has 0 saturated heterocycles. The van der Waals surface area contributed by atoms with Crippen molar-refractivity contribution in [3.05, 3.63) is 28.0 Å². The van der Waals surface area contributed by atoms with Crippen LogP contribution in [-0.2, 0) is 9.84 Å². The minimum absolute atomic E-state index is 0.0623. The van der Waals surface area contributed by atoms with Crippen molar-refractivity contribution in [2.75, 3.05) is 11.1 Å². The van der Waals surface area contributed by atoms with Gasteiger partial charge in [0.15, 0.2) is 9.84 Å². The molecule has 0 bridgehead atoms. The fourth-order valence-corrected chi connectivity index (χ4v) is 3.42. The Kier molecular flexibility index (Phi) is 3.02. The minimum atomic E-state index is -3.07. The van der Waals surface area contributed by atoms with Crippen molar-refractivity contribution in [1.82, 2.24) is 9.97 Å². The van der Waals surface area contributed by atoms with Gasteiger partial charge in [-0.1, -0.05) is 11.6 Å². The number of aromatic nitrogens is 2. The van der Waals surface area contributed by atoms with Crippen molar-refractivity contribution in [2.45, 2.75) is 31.7 Å². The molecule has 0 aromatic carbocycles. The summed E-state index contributed by atoms with van der Waals surface area (Å²) in [7, 11) is -3.07. The molecule has 7 heteroatoms. The van der Waals surface area contributed by atoms with Crippen LogP contribution in [-0.4, -0.2) is 30.2 Å². The van der Waals surface area contributed by atoms with E-state index >= 15 is 0 Å². The molecule has 1 aliphatic heterocycles. The number of hydrogen-bond donors (Lipinski definition) is 1. The van der Waals surface area contributed by atoms with Crippen LogP contribution < -0.4 is 5.32 Å². The number of hydrogen-bond acceptors (Lipinski definition) is 5. The summed E-state index contributed by atoms with van der Waals surface area (Å²) in [5.41, 5.74) is 0.753. The summed E-state index contributed by atoms with van der Waals surface area (Å²) in [5.74, 6) is 1.85. The van der Waals surface area contributed by atoms with Gasteiger partial charge in [-0.15, -0.1) is 0 Å². The van der Waals surface area contributed by atoms with Crippen LogP contribution in [0.25, 0.3) is 0 Å². The molecule has 3 rings (SSSR count). The van der Waals surface area contributed by atoms with E-state index in [4.69, 9.17) is 11.6 Å². The van der Waals surface area contributed by atoms with Crippen LogP contribution in [0.1, 0.15) is 30.1 Å².